The minimum atomic E-state index is -1.38. The summed E-state index contributed by atoms with van der Waals surface area (Å²) < 4.78 is 4.71. The van der Waals surface area contributed by atoms with Crippen molar-refractivity contribution in [3.63, 3.8) is 0 Å². The summed E-state index contributed by atoms with van der Waals surface area (Å²) in [5.74, 6) is -5.52. The first-order chi connectivity index (χ1) is 16.5. The number of carbonyl (C=O) groups excluding carboxylic acids is 3. The minimum absolute atomic E-state index is 0.0224. The van der Waals surface area contributed by atoms with Crippen LogP contribution in [0.1, 0.15) is 23.2 Å². The van der Waals surface area contributed by atoms with Crippen LogP contribution >= 0.6 is 11.8 Å². The van der Waals surface area contributed by atoms with Gasteiger partial charge in [-0.1, -0.05) is 0 Å². The number of nitrogens with zero attached hydrogens (tertiary/aromatic N) is 1. The molecule has 2 atom stereocenters. The quantitative estimate of drug-likeness (QED) is 0.0688. The third kappa shape index (κ3) is 10.4. The lowest BCUT2D eigenvalue weighted by Gasteiger charge is -2.20. The number of nitrogens with two attached hydrogens (primary N) is 1. The van der Waals surface area contributed by atoms with Gasteiger partial charge in [0.25, 0.3) is 5.69 Å². The fourth-order valence-electron chi connectivity index (χ4n) is 2.46. The summed E-state index contributed by atoms with van der Waals surface area (Å²) >= 11 is 0.765. The van der Waals surface area contributed by atoms with Crippen LogP contribution in [0.2, 0.25) is 0 Å². The van der Waals surface area contributed by atoms with Crippen molar-refractivity contribution in [3.8, 4) is 0 Å². The molecule has 192 valence electrons. The standard InChI is InChI=1S/C19H24N4O11S/c20-11(2-4-15(25)26)17(29)22-12(18(30)21-8-16(27)28)9-35-14-3-1-10(7-13(14)23(32)33)19(31)34-6-5-24/h1,3,7,11-12,24H,2,4-6,8-9,20H2,(H,21,30)(H,22,29)(H,25,26)(H,27,28)/t11-,12-/m0/s1. The molecule has 0 spiro atoms. The SMILES string of the molecule is N[C@@H](CCC(=O)O)C(=O)N[C@@H](CSc1ccc(C(=O)OCCO)cc1[N+](=O)[O-])C(=O)NCC(=O)O. The van der Waals surface area contributed by atoms with Gasteiger partial charge in [-0.3, -0.25) is 29.3 Å². The summed E-state index contributed by atoms with van der Waals surface area (Å²) in [7, 11) is 0. The molecule has 2 amide bonds. The van der Waals surface area contributed by atoms with Crippen LogP contribution < -0.4 is 16.4 Å². The topological polar surface area (TPSA) is 248 Å². The van der Waals surface area contributed by atoms with Gasteiger partial charge in [-0.2, -0.15) is 0 Å². The Balaban J connectivity index is 3.03. The number of hydrogen-bond acceptors (Lipinski definition) is 11. The normalized spacial score (nSPS) is 12.2. The molecule has 0 aromatic heterocycles. The van der Waals surface area contributed by atoms with E-state index in [2.05, 4.69) is 10.6 Å². The van der Waals surface area contributed by atoms with Crippen LogP contribution in [0.4, 0.5) is 5.69 Å². The van der Waals surface area contributed by atoms with Crippen molar-refractivity contribution in [1.82, 2.24) is 10.6 Å². The van der Waals surface area contributed by atoms with Crippen LogP contribution in [0.3, 0.4) is 0 Å². The van der Waals surface area contributed by atoms with Gasteiger partial charge < -0.3 is 36.4 Å². The summed E-state index contributed by atoms with van der Waals surface area (Å²) in [4.78, 5) is 68.7. The summed E-state index contributed by atoms with van der Waals surface area (Å²) in [6, 6.07) is 0.753. The van der Waals surface area contributed by atoms with E-state index >= 15 is 0 Å². The van der Waals surface area contributed by atoms with Crippen molar-refractivity contribution < 1.29 is 49.0 Å². The molecule has 0 radical (unpaired) electrons. The molecule has 0 unspecified atom stereocenters. The number of aliphatic hydroxyl groups is 1. The van der Waals surface area contributed by atoms with Crippen molar-refractivity contribution in [3.05, 3.63) is 33.9 Å². The van der Waals surface area contributed by atoms with Gasteiger partial charge in [0.1, 0.15) is 19.2 Å². The van der Waals surface area contributed by atoms with Gasteiger partial charge in [-0.15, -0.1) is 11.8 Å². The van der Waals surface area contributed by atoms with E-state index in [9.17, 15) is 34.1 Å². The molecule has 0 saturated heterocycles. The maximum absolute atomic E-state index is 12.4. The highest BCUT2D eigenvalue weighted by atomic mass is 32.2. The van der Waals surface area contributed by atoms with Crippen LogP contribution in [-0.2, 0) is 23.9 Å². The monoisotopic (exact) mass is 516 g/mol. The Kier molecular flexibility index (Phi) is 12.1. The van der Waals surface area contributed by atoms with Crippen molar-refractivity contribution in [2.45, 2.75) is 29.8 Å². The number of carboxylic acids is 2. The Morgan fingerprint density at radius 1 is 1.14 bits per heavy atom. The van der Waals surface area contributed by atoms with Crippen LogP contribution in [0.5, 0.6) is 0 Å². The number of aliphatic carboxylic acids is 2. The molecule has 0 aliphatic carbocycles. The largest absolute Gasteiger partial charge is 0.481 e. The molecule has 1 aromatic rings. The molecule has 0 heterocycles. The van der Waals surface area contributed by atoms with Crippen molar-refractivity contribution in [2.24, 2.45) is 5.73 Å². The average Bonchev–Trinajstić information content (AvgIpc) is 2.81. The maximum Gasteiger partial charge on any atom is 0.338 e. The lowest BCUT2D eigenvalue weighted by Crippen LogP contribution is -2.53. The van der Waals surface area contributed by atoms with Gasteiger partial charge >= 0.3 is 17.9 Å². The number of benzene rings is 1. The molecule has 15 nitrogen and oxygen atoms in total. The number of ether oxygens (including phenoxy) is 1. The molecule has 0 aliphatic heterocycles. The third-order valence-corrected chi connectivity index (χ3v) is 5.33. The van der Waals surface area contributed by atoms with Gasteiger partial charge in [0, 0.05) is 18.2 Å². The summed E-state index contributed by atoms with van der Waals surface area (Å²) in [6.45, 7) is -1.49. The number of aliphatic hydroxyl groups excluding tert-OH is 1. The predicted molar refractivity (Wildman–Crippen MR) is 119 cm³/mol. The van der Waals surface area contributed by atoms with Crippen LogP contribution in [0, 0.1) is 10.1 Å². The number of nitrogens with one attached hydrogen (secondary N) is 2. The first-order valence-electron chi connectivity index (χ1n) is 9.92. The second-order valence-electron chi connectivity index (χ2n) is 6.82. The van der Waals surface area contributed by atoms with Crippen molar-refractivity contribution in [2.75, 3.05) is 25.5 Å². The number of nitro benzene ring substituents is 1. The number of rotatable bonds is 15. The van der Waals surface area contributed by atoms with Crippen LogP contribution in [0.25, 0.3) is 0 Å². The highest BCUT2D eigenvalue weighted by molar-refractivity contribution is 7.99. The Morgan fingerprint density at radius 2 is 1.83 bits per heavy atom. The van der Waals surface area contributed by atoms with E-state index in [1.54, 1.807) is 0 Å². The first-order valence-corrected chi connectivity index (χ1v) is 10.9. The zero-order valence-corrected chi connectivity index (χ0v) is 19.0. The van der Waals surface area contributed by atoms with Crippen LogP contribution in [-0.4, -0.2) is 87.6 Å². The second-order valence-corrected chi connectivity index (χ2v) is 7.88. The van der Waals surface area contributed by atoms with E-state index in [0.29, 0.717) is 0 Å². The van der Waals surface area contributed by atoms with E-state index in [1.807, 2.05) is 0 Å². The fraction of sp³-hybridized carbons (Fsp3) is 0.421. The Bertz CT molecular complexity index is 972. The first kappa shape index (κ1) is 29.3. The number of thioether (sulfide) groups is 1. The molecule has 7 N–H and O–H groups in total. The zero-order chi connectivity index (χ0) is 26.5. The Hall–Kier alpha value is -3.76. The third-order valence-electron chi connectivity index (χ3n) is 4.17. The lowest BCUT2D eigenvalue weighted by molar-refractivity contribution is -0.387. The van der Waals surface area contributed by atoms with Gasteiger partial charge in [-0.05, 0) is 18.6 Å². The highest BCUT2D eigenvalue weighted by Crippen LogP contribution is 2.31. The fourth-order valence-corrected chi connectivity index (χ4v) is 3.49. The number of carboxylic acid groups (broad SMARTS) is 2. The van der Waals surface area contributed by atoms with Gasteiger partial charge in [0.05, 0.1) is 28.0 Å². The Morgan fingerprint density at radius 3 is 2.40 bits per heavy atom. The van der Waals surface area contributed by atoms with Crippen molar-refractivity contribution >= 4 is 47.2 Å². The molecule has 0 saturated carbocycles. The minimum Gasteiger partial charge on any atom is -0.481 e. The van der Waals surface area contributed by atoms with Gasteiger partial charge in [-0.25, -0.2) is 4.79 Å². The highest BCUT2D eigenvalue weighted by Gasteiger charge is 2.26. The molecule has 35 heavy (non-hydrogen) atoms. The van der Waals surface area contributed by atoms with E-state index in [-0.39, 0.29) is 29.2 Å². The average molecular weight is 516 g/mol. The summed E-state index contributed by atoms with van der Waals surface area (Å²) in [5.41, 5.74) is 4.98. The van der Waals surface area contributed by atoms with Crippen LogP contribution in [0.15, 0.2) is 23.1 Å². The maximum atomic E-state index is 12.4. The predicted octanol–water partition coefficient (Wildman–Crippen LogP) is -1.29. The molecule has 0 aliphatic rings. The smallest absolute Gasteiger partial charge is 0.338 e. The van der Waals surface area contributed by atoms with E-state index in [4.69, 9.17) is 25.8 Å². The van der Waals surface area contributed by atoms with E-state index in [0.717, 1.165) is 17.8 Å². The number of amides is 2. The Labute approximate surface area is 202 Å². The molecular weight excluding hydrogens is 492 g/mol. The lowest BCUT2D eigenvalue weighted by atomic mass is 10.1. The number of carbonyl (C=O) groups is 5. The summed E-state index contributed by atoms with van der Waals surface area (Å²) in [5, 5.41) is 42.0. The molecule has 1 aromatic carbocycles. The van der Waals surface area contributed by atoms with Gasteiger partial charge in [0.2, 0.25) is 11.8 Å². The molecule has 1 rings (SSSR count). The summed E-state index contributed by atoms with van der Waals surface area (Å²) in [6.07, 6.45) is -0.629. The number of esters is 1. The van der Waals surface area contributed by atoms with E-state index in [1.165, 1.54) is 12.1 Å². The molecular formula is C19H24N4O11S. The molecule has 0 fully saturated rings. The van der Waals surface area contributed by atoms with E-state index < -0.39 is 72.0 Å². The molecule has 0 bridgehead atoms. The molecule has 16 heteroatoms. The zero-order valence-electron chi connectivity index (χ0n) is 18.2. The number of nitro groups is 1. The second kappa shape index (κ2) is 14.5. The number of hydrogen-bond donors (Lipinski definition) is 6. The van der Waals surface area contributed by atoms with Crippen molar-refractivity contribution in [1.29, 1.82) is 0 Å². The van der Waals surface area contributed by atoms with Gasteiger partial charge in [0.15, 0.2) is 0 Å².